The number of aromatic nitrogens is 2. The van der Waals surface area contributed by atoms with E-state index in [1.807, 2.05) is 23.6 Å². The summed E-state index contributed by atoms with van der Waals surface area (Å²) in [6.07, 6.45) is 7.44. The van der Waals surface area contributed by atoms with Gasteiger partial charge in [-0.15, -0.1) is 0 Å². The van der Waals surface area contributed by atoms with E-state index in [9.17, 15) is 8.42 Å². The third kappa shape index (κ3) is 4.98. The normalized spacial score (nSPS) is 26.6. The van der Waals surface area contributed by atoms with Crippen LogP contribution in [0.2, 0.25) is 0 Å². The molecule has 3 fully saturated rings. The molecule has 3 aliphatic heterocycles. The van der Waals surface area contributed by atoms with Crippen molar-refractivity contribution in [2.24, 2.45) is 8.62 Å². The zero-order valence-electron chi connectivity index (χ0n) is 22.5. The molecular weight excluding hydrogens is 637 g/mol. The lowest BCUT2D eigenvalue weighted by Gasteiger charge is -2.43. The van der Waals surface area contributed by atoms with Gasteiger partial charge in [-0.25, -0.2) is 21.3 Å². The summed E-state index contributed by atoms with van der Waals surface area (Å²) in [5.74, 6) is 0.717. The van der Waals surface area contributed by atoms with Crippen LogP contribution < -0.4 is 9.62 Å². The molecule has 1 saturated carbocycles. The molecular formula is C26H36IN5O4S2. The Morgan fingerprint density at radius 2 is 2.00 bits per heavy atom. The van der Waals surface area contributed by atoms with E-state index in [0.717, 1.165) is 60.8 Å². The fourth-order valence-corrected chi connectivity index (χ4v) is 10.3. The van der Waals surface area contributed by atoms with Gasteiger partial charge in [0.15, 0.2) is 10.9 Å². The Labute approximate surface area is 239 Å². The molecule has 38 heavy (non-hydrogen) atoms. The number of piperidine rings is 1. The highest BCUT2D eigenvalue weighted by atomic mass is 127. The molecule has 4 aliphatic rings. The number of ether oxygens (including phenoxy) is 2. The van der Waals surface area contributed by atoms with Crippen LogP contribution in [-0.2, 0) is 19.5 Å². The van der Waals surface area contributed by atoms with Crippen molar-refractivity contribution < 1.29 is 17.9 Å². The van der Waals surface area contributed by atoms with Crippen molar-refractivity contribution >= 4 is 61.9 Å². The minimum Gasteiger partial charge on any atom is -0.375 e. The van der Waals surface area contributed by atoms with Crippen LogP contribution in [0.15, 0.2) is 26.6 Å². The third-order valence-corrected chi connectivity index (χ3v) is 13.3. The van der Waals surface area contributed by atoms with E-state index in [0.29, 0.717) is 6.61 Å². The van der Waals surface area contributed by atoms with Crippen LogP contribution in [0.4, 0.5) is 5.69 Å². The van der Waals surface area contributed by atoms with Crippen LogP contribution in [0.5, 0.6) is 0 Å². The molecule has 6 rings (SSSR count). The van der Waals surface area contributed by atoms with E-state index in [1.54, 1.807) is 18.0 Å². The van der Waals surface area contributed by atoms with E-state index in [2.05, 4.69) is 37.3 Å². The molecule has 208 valence electrons. The summed E-state index contributed by atoms with van der Waals surface area (Å²) >= 11 is 1.30. The second kappa shape index (κ2) is 9.79. The van der Waals surface area contributed by atoms with E-state index in [1.165, 1.54) is 2.84 Å². The summed E-state index contributed by atoms with van der Waals surface area (Å²) in [4.78, 5) is 7.32. The van der Waals surface area contributed by atoms with Crippen LogP contribution in [-0.4, -0.2) is 69.2 Å². The predicted molar refractivity (Wildman–Crippen MR) is 161 cm³/mol. The molecule has 2 saturated heterocycles. The molecule has 1 aliphatic carbocycles. The first kappa shape index (κ1) is 27.1. The van der Waals surface area contributed by atoms with Gasteiger partial charge in [0.05, 0.1) is 42.3 Å². The number of fused-ring (bicyclic) bond motifs is 1. The monoisotopic (exact) mass is 673 g/mol. The molecule has 1 unspecified atom stereocenters. The van der Waals surface area contributed by atoms with E-state index in [4.69, 9.17) is 17.7 Å². The van der Waals surface area contributed by atoms with E-state index < -0.39 is 10.0 Å². The molecule has 1 spiro atoms. The number of sulfonamides is 1. The fraction of sp³-hybridized carbons (Fsp3) is 0.654. The minimum atomic E-state index is -3.70. The zero-order chi connectivity index (χ0) is 26.9. The Morgan fingerprint density at radius 1 is 1.26 bits per heavy atom. The summed E-state index contributed by atoms with van der Waals surface area (Å²) in [5.41, 5.74) is 1.44. The first-order valence-corrected chi connectivity index (χ1v) is 17.6. The number of imidazole rings is 1. The average Bonchev–Trinajstić information content (AvgIpc) is 3.17. The number of hydrogen-bond donors (Lipinski definition) is 1. The van der Waals surface area contributed by atoms with Crippen molar-refractivity contribution in [2.75, 3.05) is 24.6 Å². The Balaban J connectivity index is 1.36. The van der Waals surface area contributed by atoms with Crippen LogP contribution >= 0.6 is 32.8 Å². The number of anilines is 1. The Bertz CT molecular complexity index is 1420. The van der Waals surface area contributed by atoms with Crippen LogP contribution in [0.3, 0.4) is 0 Å². The van der Waals surface area contributed by atoms with E-state index >= 15 is 0 Å². The predicted octanol–water partition coefficient (Wildman–Crippen LogP) is 4.49. The van der Waals surface area contributed by atoms with Crippen molar-refractivity contribution in [3.05, 3.63) is 24.3 Å². The van der Waals surface area contributed by atoms with E-state index in [-0.39, 0.29) is 55.2 Å². The van der Waals surface area contributed by atoms with Crippen molar-refractivity contribution in [1.82, 2.24) is 14.1 Å². The minimum absolute atomic E-state index is 0.0140. The Morgan fingerprint density at radius 3 is 2.63 bits per heavy atom. The standard InChI is InChI=1S/C26H36IN5O4S2/c1-16(2)36-22-17(3)35-15-26(22)8-10-31(11-9-26)20-12-19(38(33,34)30-25(5)6-7-25)14-32-21(20)13-28-23(32)24-29-27-18(4)37-24/h12-14,16-17,22,30H,6-11,15H2,1-5H3/t17-,22?/m0/s1. The lowest BCUT2D eigenvalue weighted by molar-refractivity contribution is -0.0718. The number of rotatable bonds is 7. The van der Waals surface area contributed by atoms with Gasteiger partial charge < -0.3 is 14.4 Å². The van der Waals surface area contributed by atoms with Crippen molar-refractivity contribution in [3.63, 3.8) is 0 Å². The van der Waals surface area contributed by atoms with Gasteiger partial charge in [-0.3, -0.25) is 4.40 Å². The van der Waals surface area contributed by atoms with Crippen LogP contribution in [0.25, 0.3) is 5.52 Å². The molecule has 1 N–H and O–H groups in total. The molecule has 2 aromatic heterocycles. The van der Waals surface area contributed by atoms with Gasteiger partial charge in [-0.05, 0) is 66.4 Å². The largest absolute Gasteiger partial charge is 0.375 e. The second-order valence-electron chi connectivity index (χ2n) is 11.6. The Kier molecular flexibility index (Phi) is 6.99. The lowest BCUT2D eigenvalue weighted by atomic mass is 9.74. The number of hydrogen-bond acceptors (Lipinski definition) is 8. The first-order valence-electron chi connectivity index (χ1n) is 13.3. The highest BCUT2D eigenvalue weighted by Crippen LogP contribution is 2.46. The smallest absolute Gasteiger partial charge is 0.242 e. The topological polar surface area (TPSA) is 97.5 Å². The Hall–Kier alpha value is -1.06. The highest BCUT2D eigenvalue weighted by molar-refractivity contribution is 14.2. The summed E-state index contributed by atoms with van der Waals surface area (Å²) in [6.45, 7) is 12.6. The van der Waals surface area contributed by atoms with Gasteiger partial charge in [0, 0.05) is 54.1 Å². The van der Waals surface area contributed by atoms with Gasteiger partial charge in [-0.1, -0.05) is 11.8 Å². The molecule has 0 radical (unpaired) electrons. The first-order chi connectivity index (χ1) is 18.0. The van der Waals surface area contributed by atoms with Gasteiger partial charge >= 0.3 is 0 Å². The molecule has 2 atom stereocenters. The summed E-state index contributed by atoms with van der Waals surface area (Å²) in [7, 11) is -3.70. The van der Waals surface area contributed by atoms with Crippen molar-refractivity contribution in [2.45, 2.75) is 89.0 Å². The summed E-state index contributed by atoms with van der Waals surface area (Å²) in [5, 5.41) is 0.876. The number of nitrogens with zero attached hydrogens (tertiary/aromatic N) is 4. The van der Waals surface area contributed by atoms with Gasteiger partial charge in [0.2, 0.25) is 10.0 Å². The maximum Gasteiger partial charge on any atom is 0.242 e. The second-order valence-corrected chi connectivity index (χ2v) is 17.8. The maximum absolute atomic E-state index is 13.5. The molecule has 12 heteroatoms. The SMILES string of the molecule is CC1=IN=C(c2ncc3c(N4CCC5(CC4)CO[C@@H](C)C5OC(C)C)cc(S(=O)(=O)NC4(C)CC4)cn23)S1. The molecule has 2 aromatic rings. The lowest BCUT2D eigenvalue weighted by Crippen LogP contribution is -2.48. The molecule has 0 bridgehead atoms. The quantitative estimate of drug-likeness (QED) is 0.433. The summed E-state index contributed by atoms with van der Waals surface area (Å²) in [6, 6.07) is 1.83. The number of thioether (sulfide) groups is 1. The molecule has 0 aromatic carbocycles. The van der Waals surface area contributed by atoms with Crippen LogP contribution in [0.1, 0.15) is 66.1 Å². The zero-order valence-corrected chi connectivity index (χ0v) is 26.3. The molecule has 0 amide bonds. The van der Waals surface area contributed by atoms with Gasteiger partial charge in [-0.2, -0.15) is 0 Å². The third-order valence-electron chi connectivity index (χ3n) is 8.13. The van der Waals surface area contributed by atoms with Gasteiger partial charge in [0.25, 0.3) is 0 Å². The summed E-state index contributed by atoms with van der Waals surface area (Å²) < 4.78 is 50.4. The number of halogens is 1. The number of pyridine rings is 1. The molecule has 5 heterocycles. The molecule has 9 nitrogen and oxygen atoms in total. The fourth-order valence-electron chi connectivity index (χ4n) is 5.77. The van der Waals surface area contributed by atoms with Crippen molar-refractivity contribution in [1.29, 1.82) is 0 Å². The average molecular weight is 674 g/mol. The maximum atomic E-state index is 13.5. The van der Waals surface area contributed by atoms with Crippen LogP contribution in [0, 0.1) is 5.41 Å². The van der Waals surface area contributed by atoms with Gasteiger partial charge in [0.1, 0.15) is 4.90 Å². The van der Waals surface area contributed by atoms with Crippen molar-refractivity contribution in [3.8, 4) is 0 Å². The number of nitrogens with one attached hydrogen (secondary N) is 1. The highest BCUT2D eigenvalue weighted by Gasteiger charge is 2.51.